The molecule has 1 heterocycles. The van der Waals surface area contributed by atoms with Crippen molar-refractivity contribution in [1.29, 1.82) is 0 Å². The number of nitrogens with one attached hydrogen (secondary N) is 1. The Morgan fingerprint density at radius 3 is 3.00 bits per heavy atom. The van der Waals surface area contributed by atoms with Gasteiger partial charge in [0.1, 0.15) is 6.61 Å². The van der Waals surface area contributed by atoms with E-state index >= 15 is 0 Å². The average molecular weight is 266 g/mol. The third kappa shape index (κ3) is 3.67. The minimum atomic E-state index is -0.381. The maximum Gasteiger partial charge on any atom is 0.239 e. The summed E-state index contributed by atoms with van der Waals surface area (Å²) in [7, 11) is 1.74. The van der Waals surface area contributed by atoms with Crippen LogP contribution < -0.4 is 10.1 Å². The van der Waals surface area contributed by atoms with Gasteiger partial charge in [0.15, 0.2) is 11.6 Å². The second-order valence-corrected chi connectivity index (χ2v) is 4.69. The Labute approximate surface area is 112 Å². The largest absolute Gasteiger partial charge is 0.489 e. The molecular weight excluding hydrogens is 247 g/mol. The van der Waals surface area contributed by atoms with Crippen LogP contribution in [-0.4, -0.2) is 43.6 Å². The molecule has 0 aliphatic carbocycles. The number of amides is 1. The van der Waals surface area contributed by atoms with Gasteiger partial charge in [0, 0.05) is 7.05 Å². The van der Waals surface area contributed by atoms with Gasteiger partial charge in [-0.2, -0.15) is 0 Å². The average Bonchev–Trinajstić information content (AvgIpc) is 2.94. The second kappa shape index (κ2) is 6.52. The summed E-state index contributed by atoms with van der Waals surface area (Å²) in [5, 5.41) is 3.16. The predicted octanol–water partition coefficient (Wildman–Crippen LogP) is 1.41. The van der Waals surface area contributed by atoms with Crippen LogP contribution in [-0.2, 0) is 4.79 Å². The number of para-hydroxylation sites is 1. The van der Waals surface area contributed by atoms with E-state index in [9.17, 15) is 9.18 Å². The van der Waals surface area contributed by atoms with Gasteiger partial charge in [-0.05, 0) is 31.5 Å². The first-order valence-corrected chi connectivity index (χ1v) is 6.54. The molecule has 4 nitrogen and oxygen atoms in total. The fraction of sp³-hybridized carbons (Fsp3) is 0.500. The van der Waals surface area contributed by atoms with E-state index in [2.05, 4.69) is 5.32 Å². The van der Waals surface area contributed by atoms with E-state index in [1.165, 1.54) is 6.07 Å². The predicted molar refractivity (Wildman–Crippen MR) is 70.6 cm³/mol. The molecule has 1 aromatic rings. The highest BCUT2D eigenvalue weighted by molar-refractivity contribution is 5.81. The Balaban J connectivity index is 1.76. The van der Waals surface area contributed by atoms with Crippen LogP contribution in [0.25, 0.3) is 0 Å². The van der Waals surface area contributed by atoms with E-state index in [-0.39, 0.29) is 30.1 Å². The maximum atomic E-state index is 13.3. The number of likely N-dealkylation sites (N-methyl/N-ethyl adjacent to an activating group) is 1. The molecule has 1 aromatic carbocycles. The Hall–Kier alpha value is -1.62. The molecule has 1 fully saturated rings. The van der Waals surface area contributed by atoms with Gasteiger partial charge in [-0.25, -0.2) is 4.39 Å². The lowest BCUT2D eigenvalue weighted by Gasteiger charge is -2.21. The highest BCUT2D eigenvalue weighted by atomic mass is 19.1. The monoisotopic (exact) mass is 266 g/mol. The number of benzene rings is 1. The zero-order chi connectivity index (χ0) is 13.7. The number of halogens is 1. The first-order valence-electron chi connectivity index (χ1n) is 6.54. The quantitative estimate of drug-likeness (QED) is 0.876. The zero-order valence-corrected chi connectivity index (χ0v) is 11.1. The molecule has 0 spiro atoms. The Kier molecular flexibility index (Phi) is 4.74. The Morgan fingerprint density at radius 2 is 2.32 bits per heavy atom. The van der Waals surface area contributed by atoms with Crippen LogP contribution in [0, 0.1) is 5.82 Å². The molecule has 1 aliphatic rings. The molecule has 0 saturated carbocycles. The first-order chi connectivity index (χ1) is 9.18. The minimum absolute atomic E-state index is 0.0709. The van der Waals surface area contributed by atoms with Crippen molar-refractivity contribution in [2.24, 2.45) is 0 Å². The third-order valence-corrected chi connectivity index (χ3v) is 3.26. The molecule has 2 rings (SSSR count). The molecule has 1 saturated heterocycles. The molecule has 5 heteroatoms. The van der Waals surface area contributed by atoms with Gasteiger partial charge in [0.2, 0.25) is 5.91 Å². The summed E-state index contributed by atoms with van der Waals surface area (Å²) in [5.74, 6) is -0.0779. The van der Waals surface area contributed by atoms with Gasteiger partial charge < -0.3 is 15.0 Å². The van der Waals surface area contributed by atoms with Crippen molar-refractivity contribution in [2.45, 2.75) is 18.9 Å². The molecular formula is C14H19FN2O2. The molecule has 0 aromatic heterocycles. The summed E-state index contributed by atoms with van der Waals surface area (Å²) >= 11 is 0. The number of carbonyl (C=O) groups is 1. The van der Waals surface area contributed by atoms with E-state index in [0.717, 1.165) is 19.4 Å². The molecule has 104 valence electrons. The van der Waals surface area contributed by atoms with Crippen molar-refractivity contribution >= 4 is 5.91 Å². The van der Waals surface area contributed by atoms with E-state index in [1.807, 2.05) is 0 Å². The number of nitrogens with zero attached hydrogens (tertiary/aromatic N) is 1. The molecule has 0 radical (unpaired) electrons. The standard InChI is InChI=1S/C14H19FN2O2/c1-17(14(18)12-6-4-8-16-12)9-10-19-13-7-3-2-5-11(13)15/h2-3,5,7,12,16H,4,6,8-10H2,1H3/t12-/m1/s1. The first kappa shape index (κ1) is 13.8. The number of hydrogen-bond acceptors (Lipinski definition) is 3. The topological polar surface area (TPSA) is 41.6 Å². The van der Waals surface area contributed by atoms with Gasteiger partial charge in [-0.1, -0.05) is 12.1 Å². The van der Waals surface area contributed by atoms with E-state index in [0.29, 0.717) is 6.54 Å². The molecule has 1 N–H and O–H groups in total. The van der Waals surface area contributed by atoms with E-state index in [4.69, 9.17) is 4.74 Å². The lowest BCUT2D eigenvalue weighted by atomic mass is 10.2. The SMILES string of the molecule is CN(CCOc1ccccc1F)C(=O)[C@H]1CCCN1. The molecule has 1 aliphatic heterocycles. The Bertz CT molecular complexity index is 433. The number of carbonyl (C=O) groups excluding carboxylic acids is 1. The molecule has 1 amide bonds. The molecule has 0 unspecified atom stereocenters. The summed E-state index contributed by atoms with van der Waals surface area (Å²) in [6.45, 7) is 1.64. The molecule has 1 atom stereocenters. The lowest BCUT2D eigenvalue weighted by Crippen LogP contribution is -2.43. The van der Waals surface area contributed by atoms with Crippen LogP contribution in [0.2, 0.25) is 0 Å². The number of hydrogen-bond donors (Lipinski definition) is 1. The fourth-order valence-electron chi connectivity index (χ4n) is 2.13. The van der Waals surface area contributed by atoms with Gasteiger partial charge in [-0.15, -0.1) is 0 Å². The number of ether oxygens (including phenoxy) is 1. The van der Waals surface area contributed by atoms with Crippen molar-refractivity contribution in [3.05, 3.63) is 30.1 Å². The summed E-state index contributed by atoms with van der Waals surface area (Å²) in [6, 6.07) is 6.19. The van der Waals surface area contributed by atoms with Crippen LogP contribution in [0.5, 0.6) is 5.75 Å². The normalized spacial score (nSPS) is 18.3. The van der Waals surface area contributed by atoms with Crippen molar-refractivity contribution in [2.75, 3.05) is 26.7 Å². The second-order valence-electron chi connectivity index (χ2n) is 4.69. The highest BCUT2D eigenvalue weighted by Gasteiger charge is 2.24. The summed E-state index contributed by atoms with van der Waals surface area (Å²) in [4.78, 5) is 13.6. The van der Waals surface area contributed by atoms with Crippen molar-refractivity contribution in [3.63, 3.8) is 0 Å². The van der Waals surface area contributed by atoms with E-state index < -0.39 is 0 Å². The third-order valence-electron chi connectivity index (χ3n) is 3.26. The highest BCUT2D eigenvalue weighted by Crippen LogP contribution is 2.15. The summed E-state index contributed by atoms with van der Waals surface area (Å²) < 4.78 is 18.6. The summed E-state index contributed by atoms with van der Waals surface area (Å²) in [6.07, 6.45) is 1.92. The van der Waals surface area contributed by atoms with Crippen molar-refractivity contribution < 1.29 is 13.9 Å². The lowest BCUT2D eigenvalue weighted by molar-refractivity contribution is -0.132. The molecule has 0 bridgehead atoms. The van der Waals surface area contributed by atoms with Crippen molar-refractivity contribution in [3.8, 4) is 5.75 Å². The summed E-state index contributed by atoms with van der Waals surface area (Å²) in [5.41, 5.74) is 0. The maximum absolute atomic E-state index is 13.3. The van der Waals surface area contributed by atoms with Gasteiger partial charge in [0.05, 0.1) is 12.6 Å². The fourth-order valence-corrected chi connectivity index (χ4v) is 2.13. The van der Waals surface area contributed by atoms with Crippen LogP contribution in [0.15, 0.2) is 24.3 Å². The minimum Gasteiger partial charge on any atom is -0.489 e. The van der Waals surface area contributed by atoms with Crippen LogP contribution in [0.1, 0.15) is 12.8 Å². The van der Waals surface area contributed by atoms with Crippen LogP contribution >= 0.6 is 0 Å². The van der Waals surface area contributed by atoms with Crippen molar-refractivity contribution in [1.82, 2.24) is 10.2 Å². The van der Waals surface area contributed by atoms with E-state index in [1.54, 1.807) is 30.1 Å². The van der Waals surface area contributed by atoms with Gasteiger partial charge >= 0.3 is 0 Å². The number of rotatable bonds is 5. The van der Waals surface area contributed by atoms with Crippen LogP contribution in [0.3, 0.4) is 0 Å². The van der Waals surface area contributed by atoms with Gasteiger partial charge in [0.25, 0.3) is 0 Å². The Morgan fingerprint density at radius 1 is 1.53 bits per heavy atom. The molecule has 19 heavy (non-hydrogen) atoms. The van der Waals surface area contributed by atoms with Gasteiger partial charge in [-0.3, -0.25) is 4.79 Å². The smallest absolute Gasteiger partial charge is 0.239 e. The van der Waals surface area contributed by atoms with Crippen LogP contribution in [0.4, 0.5) is 4.39 Å². The zero-order valence-electron chi connectivity index (χ0n) is 11.1.